The van der Waals surface area contributed by atoms with E-state index in [-0.39, 0.29) is 23.7 Å². The van der Waals surface area contributed by atoms with Gasteiger partial charge in [-0.1, -0.05) is 26.2 Å². The Labute approximate surface area is 178 Å². The van der Waals surface area contributed by atoms with Crippen molar-refractivity contribution < 1.29 is 24.2 Å². The molecule has 1 aromatic rings. The number of urea groups is 1. The second kappa shape index (κ2) is 9.54. The molecular weight excluding hydrogens is 408 g/mol. The Bertz CT molecular complexity index is 937. The van der Waals surface area contributed by atoms with Gasteiger partial charge in [0.2, 0.25) is 0 Å². The quantitative estimate of drug-likeness (QED) is 0.379. The first kappa shape index (κ1) is 22.2. The molecule has 1 saturated carbocycles. The molecule has 11 nitrogen and oxygen atoms in total. The Morgan fingerprint density at radius 3 is 2.42 bits per heavy atom. The van der Waals surface area contributed by atoms with Crippen LogP contribution in [0.5, 0.6) is 0 Å². The highest BCUT2D eigenvalue weighted by molar-refractivity contribution is 5.95. The van der Waals surface area contributed by atoms with Gasteiger partial charge in [-0.15, -0.1) is 0 Å². The van der Waals surface area contributed by atoms with Gasteiger partial charge in [0, 0.05) is 17.8 Å². The minimum Gasteiger partial charge on any atom is -0.462 e. The number of nitro benzene ring substituents is 2. The molecule has 1 aliphatic carbocycles. The van der Waals surface area contributed by atoms with E-state index in [0.717, 1.165) is 37.8 Å². The van der Waals surface area contributed by atoms with Crippen LogP contribution in [-0.2, 0) is 9.53 Å². The molecule has 31 heavy (non-hydrogen) atoms. The van der Waals surface area contributed by atoms with Crippen molar-refractivity contribution in [2.75, 3.05) is 6.61 Å². The molecule has 3 rings (SSSR count). The van der Waals surface area contributed by atoms with Crippen molar-refractivity contribution in [1.29, 1.82) is 0 Å². The monoisotopic (exact) mass is 432 g/mol. The van der Waals surface area contributed by atoms with Crippen LogP contribution in [0.1, 0.15) is 57.1 Å². The molecule has 1 atom stereocenters. The molecule has 1 aliphatic heterocycles. The molecule has 1 unspecified atom stereocenters. The number of ether oxygens (including phenoxy) is 1. The summed E-state index contributed by atoms with van der Waals surface area (Å²) in [7, 11) is 0. The maximum absolute atomic E-state index is 13.0. The summed E-state index contributed by atoms with van der Waals surface area (Å²) < 4.78 is 5.55. The lowest BCUT2D eigenvalue weighted by Crippen LogP contribution is -2.46. The van der Waals surface area contributed by atoms with Gasteiger partial charge in [-0.25, -0.2) is 9.59 Å². The number of nitro groups is 2. The lowest BCUT2D eigenvalue weighted by atomic mass is 9.90. The van der Waals surface area contributed by atoms with E-state index < -0.39 is 39.3 Å². The normalized spacial score (nSPS) is 19.4. The van der Waals surface area contributed by atoms with Crippen LogP contribution in [0.4, 0.5) is 16.2 Å². The molecule has 11 heteroatoms. The summed E-state index contributed by atoms with van der Waals surface area (Å²) in [5.41, 5.74) is -0.717. The van der Waals surface area contributed by atoms with Crippen molar-refractivity contribution in [1.82, 2.24) is 10.6 Å². The van der Waals surface area contributed by atoms with Crippen molar-refractivity contribution in [2.45, 2.75) is 51.5 Å². The van der Waals surface area contributed by atoms with Crippen LogP contribution < -0.4 is 10.6 Å². The average Bonchev–Trinajstić information content (AvgIpc) is 2.76. The van der Waals surface area contributed by atoms with Gasteiger partial charge in [0.05, 0.1) is 28.1 Å². The van der Waals surface area contributed by atoms with Crippen molar-refractivity contribution in [3.05, 3.63) is 55.3 Å². The zero-order valence-corrected chi connectivity index (χ0v) is 17.1. The predicted octanol–water partition coefficient (Wildman–Crippen LogP) is 3.64. The van der Waals surface area contributed by atoms with Gasteiger partial charge in [-0.2, -0.15) is 0 Å². The molecule has 1 heterocycles. The molecule has 0 saturated heterocycles. The summed E-state index contributed by atoms with van der Waals surface area (Å²) in [6, 6.07) is 1.70. The van der Waals surface area contributed by atoms with Gasteiger partial charge < -0.3 is 15.4 Å². The lowest BCUT2D eigenvalue weighted by molar-refractivity contribution is -0.422. The minimum atomic E-state index is -1.03. The number of allylic oxidation sites excluding steroid dienone is 1. The number of nitrogens with zero attached hydrogens (tertiary/aromatic N) is 2. The third-order valence-electron chi connectivity index (χ3n) is 5.63. The van der Waals surface area contributed by atoms with Crippen molar-refractivity contribution in [3.63, 3.8) is 0 Å². The fourth-order valence-corrected chi connectivity index (χ4v) is 4.03. The summed E-state index contributed by atoms with van der Waals surface area (Å²) in [5.74, 6) is -0.339. The molecular formula is C20H24N4O7. The SMILES string of the molecule is CCC1=C(C(=O)OCC2CCCCC2)C(c2ccc([N+](=O)[O-])c([N+](=O)[O-])c2)NC(=O)N1. The van der Waals surface area contributed by atoms with Gasteiger partial charge >= 0.3 is 23.4 Å². The van der Waals surface area contributed by atoms with Gasteiger partial charge in [-0.3, -0.25) is 20.2 Å². The second-order valence-electron chi connectivity index (χ2n) is 7.64. The maximum Gasteiger partial charge on any atom is 0.346 e. The van der Waals surface area contributed by atoms with E-state index >= 15 is 0 Å². The third kappa shape index (κ3) is 4.98. The first-order valence-electron chi connectivity index (χ1n) is 10.2. The minimum absolute atomic E-state index is 0.140. The number of amides is 2. The van der Waals surface area contributed by atoms with Gasteiger partial charge in [-0.05, 0) is 36.8 Å². The summed E-state index contributed by atoms with van der Waals surface area (Å²) in [6.45, 7) is 2.02. The van der Waals surface area contributed by atoms with Crippen LogP contribution in [0, 0.1) is 26.1 Å². The smallest absolute Gasteiger partial charge is 0.346 e. The van der Waals surface area contributed by atoms with Crippen LogP contribution in [0.25, 0.3) is 0 Å². The number of carbonyl (C=O) groups is 2. The number of benzene rings is 1. The van der Waals surface area contributed by atoms with Crippen LogP contribution >= 0.6 is 0 Å². The maximum atomic E-state index is 13.0. The van der Waals surface area contributed by atoms with E-state index in [9.17, 15) is 29.8 Å². The van der Waals surface area contributed by atoms with Crippen LogP contribution in [0.2, 0.25) is 0 Å². The Balaban J connectivity index is 1.94. The highest BCUT2D eigenvalue weighted by Gasteiger charge is 2.35. The van der Waals surface area contributed by atoms with Crippen LogP contribution in [0.3, 0.4) is 0 Å². The van der Waals surface area contributed by atoms with Gasteiger partial charge in [0.15, 0.2) is 0 Å². The average molecular weight is 432 g/mol. The Morgan fingerprint density at radius 2 is 1.81 bits per heavy atom. The second-order valence-corrected chi connectivity index (χ2v) is 7.64. The van der Waals surface area contributed by atoms with E-state index in [4.69, 9.17) is 4.74 Å². The van der Waals surface area contributed by atoms with E-state index in [2.05, 4.69) is 10.6 Å². The van der Waals surface area contributed by atoms with E-state index in [1.54, 1.807) is 6.92 Å². The molecule has 166 valence electrons. The third-order valence-corrected chi connectivity index (χ3v) is 5.63. The van der Waals surface area contributed by atoms with Crippen LogP contribution in [-0.4, -0.2) is 28.5 Å². The number of esters is 1. The summed E-state index contributed by atoms with van der Waals surface area (Å²) in [6.07, 6.45) is 5.66. The van der Waals surface area contributed by atoms with E-state index in [1.807, 2.05) is 0 Å². The summed E-state index contributed by atoms with van der Waals surface area (Å²) in [4.78, 5) is 45.8. The first-order chi connectivity index (χ1) is 14.8. The van der Waals surface area contributed by atoms with Crippen LogP contribution in [0.15, 0.2) is 29.5 Å². The fourth-order valence-electron chi connectivity index (χ4n) is 4.03. The number of carbonyl (C=O) groups excluding carboxylic acids is 2. The summed E-state index contributed by atoms with van der Waals surface area (Å²) in [5, 5.41) is 27.6. The topological polar surface area (TPSA) is 154 Å². The number of hydrogen-bond acceptors (Lipinski definition) is 7. The first-order valence-corrected chi connectivity index (χ1v) is 10.2. The molecule has 0 spiro atoms. The van der Waals surface area contributed by atoms with Crippen molar-refractivity contribution >= 4 is 23.4 Å². The molecule has 1 aromatic carbocycles. The number of nitrogens with one attached hydrogen (secondary N) is 2. The highest BCUT2D eigenvalue weighted by Crippen LogP contribution is 2.35. The van der Waals surface area contributed by atoms with Gasteiger partial charge in [0.25, 0.3) is 0 Å². The molecule has 0 aromatic heterocycles. The fraction of sp³-hybridized carbons (Fsp3) is 0.500. The molecule has 0 bridgehead atoms. The molecule has 2 aliphatic rings. The van der Waals surface area contributed by atoms with Gasteiger partial charge in [0.1, 0.15) is 0 Å². The number of hydrogen-bond donors (Lipinski definition) is 2. The molecule has 2 amide bonds. The standard InChI is InChI=1S/C20H24N4O7/c1-2-14-17(19(25)31-11-12-6-4-3-5-7-12)18(22-20(26)21-14)13-8-9-15(23(27)28)16(10-13)24(29)30/h8-10,12,18H,2-7,11H2,1H3,(H2,21,22,26). The highest BCUT2D eigenvalue weighted by atomic mass is 16.6. The van der Waals surface area contributed by atoms with Crippen molar-refractivity contribution in [3.8, 4) is 0 Å². The zero-order chi connectivity index (χ0) is 22.5. The predicted molar refractivity (Wildman–Crippen MR) is 109 cm³/mol. The number of rotatable bonds is 7. The Morgan fingerprint density at radius 1 is 1.13 bits per heavy atom. The lowest BCUT2D eigenvalue weighted by Gasteiger charge is -2.29. The largest absolute Gasteiger partial charge is 0.462 e. The zero-order valence-electron chi connectivity index (χ0n) is 17.1. The van der Waals surface area contributed by atoms with E-state index in [0.29, 0.717) is 12.1 Å². The molecule has 1 fully saturated rings. The Hall–Kier alpha value is -3.50. The summed E-state index contributed by atoms with van der Waals surface area (Å²) >= 11 is 0. The van der Waals surface area contributed by atoms with Crippen molar-refractivity contribution in [2.24, 2.45) is 5.92 Å². The molecule has 2 N–H and O–H groups in total. The van der Waals surface area contributed by atoms with E-state index in [1.165, 1.54) is 12.5 Å². The molecule has 0 radical (unpaired) electrons. The Kier molecular flexibility index (Phi) is 6.83.